The molecule has 0 radical (unpaired) electrons. The largest absolute Gasteiger partial charge is 0.330 e. The number of benzene rings is 2. The molecule has 2 nitrogen and oxygen atoms in total. The van der Waals surface area contributed by atoms with Crippen LogP contribution < -0.4 is 0 Å². The molecule has 0 amide bonds. The van der Waals surface area contributed by atoms with E-state index in [2.05, 4.69) is 68.5 Å². The Kier molecular flexibility index (Phi) is 2.96. The zero-order valence-corrected chi connectivity index (χ0v) is 13.8. The summed E-state index contributed by atoms with van der Waals surface area (Å²) in [5.74, 6) is 0. The van der Waals surface area contributed by atoms with Crippen molar-refractivity contribution in [2.75, 3.05) is 0 Å². The van der Waals surface area contributed by atoms with Crippen LogP contribution in [0.25, 0.3) is 16.7 Å². The van der Waals surface area contributed by atoms with E-state index < -0.39 is 0 Å². The highest BCUT2D eigenvalue weighted by molar-refractivity contribution is 14.1. The van der Waals surface area contributed by atoms with Crippen LogP contribution in [-0.2, 0) is 12.8 Å². The lowest BCUT2D eigenvalue weighted by molar-refractivity contribution is 0.911. The van der Waals surface area contributed by atoms with E-state index >= 15 is 0 Å². The average Bonchev–Trinajstić information content (AvgIpc) is 3.00. The van der Waals surface area contributed by atoms with Gasteiger partial charge in [0.1, 0.15) is 0 Å². The van der Waals surface area contributed by atoms with Crippen molar-refractivity contribution in [3.8, 4) is 5.69 Å². The summed E-state index contributed by atoms with van der Waals surface area (Å²) < 4.78 is 4.12. The molecule has 1 heterocycles. The van der Waals surface area contributed by atoms with Gasteiger partial charge in [0.15, 0.2) is 4.77 Å². The normalized spacial score (nSPS) is 13.8. The zero-order chi connectivity index (χ0) is 13.7. The van der Waals surface area contributed by atoms with E-state index in [1.54, 1.807) is 0 Å². The maximum Gasteiger partial charge on any atom is 0.182 e. The monoisotopic (exact) mass is 392 g/mol. The van der Waals surface area contributed by atoms with Crippen molar-refractivity contribution < 1.29 is 0 Å². The summed E-state index contributed by atoms with van der Waals surface area (Å²) in [5, 5.41) is 0. The van der Waals surface area contributed by atoms with Gasteiger partial charge in [-0.25, -0.2) is 0 Å². The maximum atomic E-state index is 5.51. The molecule has 0 bridgehead atoms. The number of hydrogen-bond donors (Lipinski definition) is 1. The Morgan fingerprint density at radius 3 is 2.80 bits per heavy atom. The van der Waals surface area contributed by atoms with Gasteiger partial charge in [0, 0.05) is 9.26 Å². The van der Waals surface area contributed by atoms with Crippen LogP contribution in [0.4, 0.5) is 0 Å². The topological polar surface area (TPSA) is 20.7 Å². The Labute approximate surface area is 136 Å². The molecule has 1 aliphatic rings. The van der Waals surface area contributed by atoms with Crippen molar-refractivity contribution in [1.82, 2.24) is 9.55 Å². The van der Waals surface area contributed by atoms with Gasteiger partial charge in [-0.2, -0.15) is 0 Å². The molecule has 4 heteroatoms. The minimum atomic E-state index is 0.764. The Bertz CT molecular complexity index is 876. The minimum absolute atomic E-state index is 0.764. The average molecular weight is 392 g/mol. The predicted molar refractivity (Wildman–Crippen MR) is 93.2 cm³/mol. The van der Waals surface area contributed by atoms with Gasteiger partial charge in [0.25, 0.3) is 0 Å². The molecule has 20 heavy (non-hydrogen) atoms. The molecule has 4 rings (SSSR count). The smallest absolute Gasteiger partial charge is 0.182 e. The second kappa shape index (κ2) is 4.70. The van der Waals surface area contributed by atoms with Crippen LogP contribution >= 0.6 is 34.8 Å². The van der Waals surface area contributed by atoms with Crippen LogP contribution in [-0.4, -0.2) is 9.55 Å². The highest BCUT2D eigenvalue weighted by atomic mass is 127. The van der Waals surface area contributed by atoms with Crippen molar-refractivity contribution in [3.05, 3.63) is 55.9 Å². The Hall–Kier alpha value is -1.14. The number of nitrogens with one attached hydrogen (secondary N) is 1. The molecule has 1 N–H and O–H groups in total. The highest BCUT2D eigenvalue weighted by Gasteiger charge is 2.13. The lowest BCUT2D eigenvalue weighted by Gasteiger charge is -2.07. The SMILES string of the molecule is S=c1[nH]c2cc(I)ccc2n1-c1ccc2c(c1)CCC2. The Morgan fingerprint density at radius 2 is 1.90 bits per heavy atom. The number of halogens is 1. The van der Waals surface area contributed by atoms with E-state index in [-0.39, 0.29) is 0 Å². The van der Waals surface area contributed by atoms with Crippen LogP contribution in [0, 0.1) is 8.34 Å². The summed E-state index contributed by atoms with van der Waals surface area (Å²) in [7, 11) is 0. The molecule has 1 aromatic heterocycles. The second-order valence-corrected chi connectivity index (χ2v) is 6.87. The molecular weight excluding hydrogens is 379 g/mol. The van der Waals surface area contributed by atoms with Gasteiger partial charge in [-0.15, -0.1) is 0 Å². The summed E-state index contributed by atoms with van der Waals surface area (Å²) in [6.07, 6.45) is 3.68. The van der Waals surface area contributed by atoms with Gasteiger partial charge in [0.2, 0.25) is 0 Å². The fourth-order valence-corrected chi connectivity index (χ4v) is 3.84. The predicted octanol–water partition coefficient (Wildman–Crippen LogP) is 4.78. The number of fused-ring (bicyclic) bond motifs is 2. The molecule has 0 atom stereocenters. The number of rotatable bonds is 1. The number of aromatic amines is 1. The quantitative estimate of drug-likeness (QED) is 0.467. The van der Waals surface area contributed by atoms with Gasteiger partial charge in [0.05, 0.1) is 11.0 Å². The van der Waals surface area contributed by atoms with Crippen LogP contribution in [0.2, 0.25) is 0 Å². The van der Waals surface area contributed by atoms with Crippen molar-refractivity contribution in [2.45, 2.75) is 19.3 Å². The van der Waals surface area contributed by atoms with Gasteiger partial charge in [-0.3, -0.25) is 4.57 Å². The van der Waals surface area contributed by atoms with Crippen LogP contribution in [0.1, 0.15) is 17.5 Å². The molecule has 0 unspecified atom stereocenters. The van der Waals surface area contributed by atoms with Crippen molar-refractivity contribution >= 4 is 45.8 Å². The minimum Gasteiger partial charge on any atom is -0.330 e. The third-order valence-electron chi connectivity index (χ3n) is 3.98. The standard InChI is InChI=1S/C16H13IN2S/c17-12-5-7-15-14(9-12)18-16(20)19(15)13-6-4-10-2-1-3-11(10)8-13/h4-9H,1-3H2,(H,18,20). The molecule has 2 aromatic carbocycles. The van der Waals surface area contributed by atoms with E-state index in [9.17, 15) is 0 Å². The molecule has 3 aromatic rings. The second-order valence-electron chi connectivity index (χ2n) is 5.23. The number of aryl methyl sites for hydroxylation is 2. The summed E-state index contributed by atoms with van der Waals surface area (Å²) in [6.45, 7) is 0. The van der Waals surface area contributed by atoms with E-state index in [0.717, 1.165) is 15.8 Å². The molecule has 0 spiro atoms. The van der Waals surface area contributed by atoms with E-state index in [4.69, 9.17) is 12.2 Å². The number of imidazole rings is 1. The molecular formula is C16H13IN2S. The molecule has 1 aliphatic carbocycles. The Balaban J connectivity index is 1.98. The molecule has 0 saturated carbocycles. The van der Waals surface area contributed by atoms with Crippen LogP contribution in [0.5, 0.6) is 0 Å². The lowest BCUT2D eigenvalue weighted by atomic mass is 10.1. The number of nitrogens with zero attached hydrogens (tertiary/aromatic N) is 1. The number of aromatic nitrogens is 2. The Morgan fingerprint density at radius 1 is 1.05 bits per heavy atom. The summed E-state index contributed by atoms with van der Waals surface area (Å²) in [5.41, 5.74) is 6.39. The zero-order valence-electron chi connectivity index (χ0n) is 10.8. The number of H-pyrrole nitrogens is 1. The summed E-state index contributed by atoms with van der Waals surface area (Å²) >= 11 is 7.84. The van der Waals surface area contributed by atoms with Gasteiger partial charge in [-0.1, -0.05) is 6.07 Å². The number of hydrogen-bond acceptors (Lipinski definition) is 1. The molecule has 100 valence electrons. The molecule has 0 saturated heterocycles. The van der Waals surface area contributed by atoms with Crippen LogP contribution in [0.3, 0.4) is 0 Å². The van der Waals surface area contributed by atoms with Crippen molar-refractivity contribution in [3.63, 3.8) is 0 Å². The summed E-state index contributed by atoms with van der Waals surface area (Å²) in [6, 6.07) is 13.1. The lowest BCUT2D eigenvalue weighted by Crippen LogP contribution is -1.95. The van der Waals surface area contributed by atoms with E-state index in [1.807, 2.05) is 0 Å². The third kappa shape index (κ3) is 1.93. The van der Waals surface area contributed by atoms with Crippen molar-refractivity contribution in [1.29, 1.82) is 0 Å². The van der Waals surface area contributed by atoms with Gasteiger partial charge in [-0.05, 0) is 95.5 Å². The maximum absolute atomic E-state index is 5.51. The first kappa shape index (κ1) is 12.6. The van der Waals surface area contributed by atoms with Gasteiger partial charge < -0.3 is 4.98 Å². The molecule has 0 fully saturated rings. The van der Waals surface area contributed by atoms with Gasteiger partial charge >= 0.3 is 0 Å². The summed E-state index contributed by atoms with van der Waals surface area (Å²) in [4.78, 5) is 3.31. The molecule has 0 aliphatic heterocycles. The first-order valence-corrected chi connectivity index (χ1v) is 8.23. The van der Waals surface area contributed by atoms with E-state index in [1.165, 1.54) is 39.6 Å². The third-order valence-corrected chi connectivity index (χ3v) is 4.94. The van der Waals surface area contributed by atoms with Crippen LogP contribution in [0.15, 0.2) is 36.4 Å². The first-order chi connectivity index (χ1) is 9.72. The fourth-order valence-electron chi connectivity index (χ4n) is 3.04. The fraction of sp³-hybridized carbons (Fsp3) is 0.188. The highest BCUT2D eigenvalue weighted by Crippen LogP contribution is 2.27. The van der Waals surface area contributed by atoms with E-state index in [0.29, 0.717) is 0 Å². The van der Waals surface area contributed by atoms with Crippen molar-refractivity contribution in [2.24, 2.45) is 0 Å². The first-order valence-electron chi connectivity index (χ1n) is 6.75.